The van der Waals surface area contributed by atoms with Crippen molar-refractivity contribution in [3.05, 3.63) is 56.6 Å². The molecule has 7 nitrogen and oxygen atoms in total. The van der Waals surface area contributed by atoms with Crippen LogP contribution < -0.4 is 10.4 Å². The van der Waals surface area contributed by atoms with Crippen LogP contribution in [0.3, 0.4) is 0 Å². The van der Waals surface area contributed by atoms with Gasteiger partial charge >= 0.3 is 5.97 Å². The lowest BCUT2D eigenvalue weighted by Gasteiger charge is -2.23. The van der Waals surface area contributed by atoms with Gasteiger partial charge in [0.1, 0.15) is 23.3 Å². The smallest absolute Gasteiger partial charge is 0.337 e. The SMILES string of the molecule is CCOC(=O)CF.C[Si](C)(C)c1c(F)cc(C2OCCO2)c(Br)c1F.C[Si](C)(C)c1c(F)cc(C2OCCO2)c(C(=O)CF)c1F. The topological polar surface area (TPSA) is 80.3 Å². The molecule has 2 aromatic carbocycles. The number of carbonyl (C=O) groups is 2. The first-order valence-electron chi connectivity index (χ1n) is 14.4. The second kappa shape index (κ2) is 17.4. The van der Waals surface area contributed by atoms with Gasteiger partial charge in [0.05, 0.1) is 59.2 Å². The third kappa shape index (κ3) is 10.2. The molecule has 2 saturated heterocycles. The predicted molar refractivity (Wildman–Crippen MR) is 169 cm³/mol. The summed E-state index contributed by atoms with van der Waals surface area (Å²) in [5, 5.41) is 0.0946. The van der Waals surface area contributed by atoms with E-state index in [1.54, 1.807) is 26.6 Å². The van der Waals surface area contributed by atoms with E-state index in [4.69, 9.17) is 18.9 Å². The first kappa shape index (κ1) is 40.1. The van der Waals surface area contributed by atoms with Crippen molar-refractivity contribution in [3.8, 4) is 0 Å². The fourth-order valence-corrected chi connectivity index (χ4v) is 8.44. The molecule has 2 aromatic rings. The third-order valence-electron chi connectivity index (χ3n) is 6.50. The maximum absolute atomic E-state index is 14.7. The largest absolute Gasteiger partial charge is 0.464 e. The average Bonchev–Trinajstić information content (AvgIpc) is 3.69. The molecule has 0 N–H and O–H groups in total. The Labute approximate surface area is 275 Å². The van der Waals surface area contributed by atoms with Gasteiger partial charge in [-0.25, -0.2) is 31.1 Å². The Kier molecular flexibility index (Phi) is 15.1. The minimum absolute atomic E-state index is 0.0767. The molecule has 2 fully saturated rings. The standard InChI is InChI=1S/C14H17F3O3Si.C12H15BrF2O2Si.C4H7FO2/c1-21(2,3)13-9(16)6-8(14-19-4-5-20-14)11(12(13)17)10(18)7-15;1-18(2,3)11-8(14)6-7(9(13)10(11)15)12-16-4-5-17-12;1-2-7-4(6)3-5/h6,14H,4-5,7H2,1-3H3;6,12H,4-5H2,1-3H3;2-3H2,1H3. The van der Waals surface area contributed by atoms with Crippen LogP contribution in [-0.4, -0.2) is 74.3 Å². The highest BCUT2D eigenvalue weighted by atomic mass is 79.9. The molecule has 0 amide bonds. The van der Waals surface area contributed by atoms with Crippen molar-refractivity contribution in [1.29, 1.82) is 0 Å². The van der Waals surface area contributed by atoms with E-state index in [0.29, 0.717) is 18.8 Å². The maximum Gasteiger partial charge on any atom is 0.337 e. The van der Waals surface area contributed by atoms with Crippen LogP contribution in [0.25, 0.3) is 0 Å². The molecule has 0 atom stereocenters. The lowest BCUT2D eigenvalue weighted by Crippen LogP contribution is -2.44. The van der Waals surface area contributed by atoms with Gasteiger partial charge < -0.3 is 23.7 Å². The summed E-state index contributed by atoms with van der Waals surface area (Å²) in [6.07, 6.45) is -1.71. The van der Waals surface area contributed by atoms with Gasteiger partial charge in [-0.15, -0.1) is 0 Å². The first-order chi connectivity index (χ1) is 21.4. The third-order valence-corrected chi connectivity index (χ3v) is 11.2. The Hall–Kier alpha value is -2.09. The number of Topliss-reactive ketones (excluding diaryl/α,β-unsaturated/α-hetero) is 1. The van der Waals surface area contributed by atoms with Gasteiger partial charge in [-0.2, -0.15) is 0 Å². The second-order valence-corrected chi connectivity index (χ2v) is 22.9. The van der Waals surface area contributed by atoms with E-state index in [9.17, 15) is 35.9 Å². The van der Waals surface area contributed by atoms with Crippen LogP contribution in [0.4, 0.5) is 26.3 Å². The minimum Gasteiger partial charge on any atom is -0.464 e. The van der Waals surface area contributed by atoms with Crippen molar-refractivity contribution in [2.45, 2.75) is 58.8 Å². The Morgan fingerprint density at radius 3 is 1.54 bits per heavy atom. The molecule has 0 bridgehead atoms. The van der Waals surface area contributed by atoms with Crippen LogP contribution in [-0.2, 0) is 28.5 Å². The molecule has 2 aliphatic rings. The molecular weight excluding hydrogens is 722 g/mol. The summed E-state index contributed by atoms with van der Waals surface area (Å²) in [5.41, 5.74) is -0.153. The molecule has 0 saturated carbocycles. The molecule has 16 heteroatoms. The average molecular weight is 762 g/mol. The Bertz CT molecular complexity index is 1370. The number of ether oxygens (including phenoxy) is 5. The minimum atomic E-state index is -2.38. The molecule has 0 aromatic heterocycles. The highest BCUT2D eigenvalue weighted by Crippen LogP contribution is 2.33. The van der Waals surface area contributed by atoms with Crippen molar-refractivity contribution in [3.63, 3.8) is 0 Å². The maximum atomic E-state index is 14.7. The first-order valence-corrected chi connectivity index (χ1v) is 22.2. The predicted octanol–water partition coefficient (Wildman–Crippen LogP) is 6.54. The number of benzene rings is 2. The van der Waals surface area contributed by atoms with E-state index >= 15 is 0 Å². The normalized spacial score (nSPS) is 15.6. The summed E-state index contributed by atoms with van der Waals surface area (Å²) < 4.78 is 107. The molecule has 4 rings (SSSR count). The summed E-state index contributed by atoms with van der Waals surface area (Å²) >= 11 is 3.19. The van der Waals surface area contributed by atoms with E-state index in [-0.39, 0.29) is 40.2 Å². The van der Waals surface area contributed by atoms with Crippen molar-refractivity contribution in [2.24, 2.45) is 0 Å². The van der Waals surface area contributed by atoms with Gasteiger partial charge in [-0.05, 0) is 35.0 Å². The molecule has 2 heterocycles. The van der Waals surface area contributed by atoms with Gasteiger partial charge in [-0.1, -0.05) is 39.3 Å². The van der Waals surface area contributed by atoms with Crippen molar-refractivity contribution in [2.75, 3.05) is 46.4 Å². The fraction of sp³-hybridized carbons (Fsp3) is 0.533. The number of hydrogen-bond acceptors (Lipinski definition) is 7. The summed E-state index contributed by atoms with van der Waals surface area (Å²) in [4.78, 5) is 21.6. The number of ketones is 1. The monoisotopic (exact) mass is 760 g/mol. The lowest BCUT2D eigenvalue weighted by molar-refractivity contribution is -0.144. The van der Waals surface area contributed by atoms with Crippen molar-refractivity contribution in [1.82, 2.24) is 0 Å². The number of halogens is 7. The van der Waals surface area contributed by atoms with Gasteiger partial charge in [0.15, 0.2) is 31.7 Å². The van der Waals surface area contributed by atoms with Crippen LogP contribution in [0.15, 0.2) is 16.6 Å². The van der Waals surface area contributed by atoms with Crippen LogP contribution in [0.1, 0.15) is 41.0 Å². The summed E-state index contributed by atoms with van der Waals surface area (Å²) in [6, 6.07) is 2.35. The molecule has 2 aliphatic heterocycles. The van der Waals surface area contributed by atoms with E-state index in [1.165, 1.54) is 6.07 Å². The molecule has 46 heavy (non-hydrogen) atoms. The molecule has 0 aliphatic carbocycles. The summed E-state index contributed by atoms with van der Waals surface area (Å²) in [5.74, 6) is -4.57. The number of rotatable bonds is 8. The van der Waals surface area contributed by atoms with Gasteiger partial charge in [-0.3, -0.25) is 4.79 Å². The van der Waals surface area contributed by atoms with Crippen molar-refractivity contribution < 1.29 is 59.6 Å². The molecule has 0 radical (unpaired) electrons. The van der Waals surface area contributed by atoms with E-state index in [0.717, 1.165) is 6.07 Å². The van der Waals surface area contributed by atoms with Crippen LogP contribution in [0.5, 0.6) is 0 Å². The van der Waals surface area contributed by atoms with E-state index in [2.05, 4.69) is 20.7 Å². The zero-order valence-corrected chi connectivity index (χ0v) is 30.3. The highest BCUT2D eigenvalue weighted by molar-refractivity contribution is 9.10. The van der Waals surface area contributed by atoms with E-state index < -0.39 is 82.7 Å². The Morgan fingerprint density at radius 2 is 1.17 bits per heavy atom. The molecule has 0 unspecified atom stereocenters. The molecule has 258 valence electrons. The zero-order chi connectivity index (χ0) is 35.0. The Balaban J connectivity index is 0.000000268. The summed E-state index contributed by atoms with van der Waals surface area (Å²) in [6.45, 7) is 11.9. The Morgan fingerprint density at radius 1 is 0.761 bits per heavy atom. The number of esters is 1. The molecular formula is C30H39BrF6O7Si2. The van der Waals surface area contributed by atoms with Gasteiger partial charge in [0.25, 0.3) is 0 Å². The quantitative estimate of drug-likeness (QED) is 0.0994. The lowest BCUT2D eigenvalue weighted by atomic mass is 10.0. The second-order valence-electron chi connectivity index (χ2n) is 12.1. The van der Waals surface area contributed by atoms with E-state index in [1.807, 2.05) is 19.6 Å². The van der Waals surface area contributed by atoms with Crippen LogP contribution in [0.2, 0.25) is 39.3 Å². The van der Waals surface area contributed by atoms with Crippen LogP contribution >= 0.6 is 15.9 Å². The number of alkyl halides is 2. The van der Waals surface area contributed by atoms with Gasteiger partial charge in [0.2, 0.25) is 0 Å². The zero-order valence-electron chi connectivity index (χ0n) is 26.8. The van der Waals surface area contributed by atoms with Crippen molar-refractivity contribution >= 4 is 54.2 Å². The summed E-state index contributed by atoms with van der Waals surface area (Å²) in [7, 11) is -4.46. The molecule has 0 spiro atoms. The fourth-order valence-electron chi connectivity index (χ4n) is 4.61. The number of carbonyl (C=O) groups excluding carboxylic acids is 2. The number of hydrogen-bond donors (Lipinski definition) is 0. The van der Waals surface area contributed by atoms with Gasteiger partial charge in [0, 0.05) is 21.5 Å². The highest BCUT2D eigenvalue weighted by Gasteiger charge is 2.35. The van der Waals surface area contributed by atoms with Crippen LogP contribution in [0, 0.1) is 23.3 Å².